The van der Waals surface area contributed by atoms with Crippen LogP contribution in [0.2, 0.25) is 0 Å². The Balaban J connectivity index is 1.52. The highest BCUT2D eigenvalue weighted by Crippen LogP contribution is 2.41. The number of furan rings is 2. The van der Waals surface area contributed by atoms with Crippen molar-refractivity contribution >= 4 is 56.5 Å². The van der Waals surface area contributed by atoms with Crippen LogP contribution in [0.25, 0.3) is 55.0 Å². The van der Waals surface area contributed by atoms with Crippen LogP contribution in [0.15, 0.2) is 87.7 Å². The Morgan fingerprint density at radius 3 is 1.97 bits per heavy atom. The Labute approximate surface area is 203 Å². The van der Waals surface area contributed by atoms with E-state index in [2.05, 4.69) is 70.2 Å². The molecule has 0 bridgehead atoms. The third-order valence-electron chi connectivity index (χ3n) is 7.73. The van der Waals surface area contributed by atoms with Crippen LogP contribution < -0.4 is 5.46 Å². The van der Waals surface area contributed by atoms with E-state index in [0.717, 1.165) is 60.5 Å². The summed E-state index contributed by atoms with van der Waals surface area (Å²) >= 11 is 0. The summed E-state index contributed by atoms with van der Waals surface area (Å²) in [5.74, 6) is 0. The van der Waals surface area contributed by atoms with Crippen molar-refractivity contribution in [3.8, 4) is 11.1 Å². The SMILES string of the molecule is CC1(C)OB(c2cc(-c3cccc4c3oc3ccccc34)cc3oc4ccccc4c23)OC1(C)C. The van der Waals surface area contributed by atoms with Gasteiger partial charge in [0.25, 0.3) is 0 Å². The highest BCUT2D eigenvalue weighted by atomic mass is 16.7. The molecule has 0 saturated carbocycles. The molecule has 1 fully saturated rings. The first-order valence-corrected chi connectivity index (χ1v) is 12.0. The minimum atomic E-state index is -0.515. The average Bonchev–Trinajstić information content (AvgIpc) is 3.47. The molecule has 0 amide bonds. The van der Waals surface area contributed by atoms with E-state index in [1.165, 1.54) is 0 Å². The van der Waals surface area contributed by atoms with Gasteiger partial charge in [0.2, 0.25) is 0 Å². The van der Waals surface area contributed by atoms with Crippen LogP contribution in [0.1, 0.15) is 27.7 Å². The van der Waals surface area contributed by atoms with Crippen molar-refractivity contribution in [3.63, 3.8) is 0 Å². The Morgan fingerprint density at radius 1 is 0.600 bits per heavy atom. The van der Waals surface area contributed by atoms with Gasteiger partial charge in [-0.25, -0.2) is 0 Å². The zero-order chi connectivity index (χ0) is 23.9. The number of benzene rings is 4. The molecular weight excluding hydrogens is 435 g/mol. The largest absolute Gasteiger partial charge is 0.495 e. The summed E-state index contributed by atoms with van der Waals surface area (Å²) in [6.45, 7) is 8.32. The average molecular weight is 460 g/mol. The molecule has 4 nitrogen and oxygen atoms in total. The third-order valence-corrected chi connectivity index (χ3v) is 7.73. The zero-order valence-corrected chi connectivity index (χ0v) is 20.2. The van der Waals surface area contributed by atoms with Gasteiger partial charge < -0.3 is 18.1 Å². The van der Waals surface area contributed by atoms with E-state index in [-0.39, 0.29) is 0 Å². The van der Waals surface area contributed by atoms with Crippen LogP contribution in [0.4, 0.5) is 0 Å². The first kappa shape index (κ1) is 20.8. The predicted molar refractivity (Wildman–Crippen MR) is 142 cm³/mol. The quantitative estimate of drug-likeness (QED) is 0.252. The maximum Gasteiger partial charge on any atom is 0.495 e. The minimum absolute atomic E-state index is 0.446. The summed E-state index contributed by atoms with van der Waals surface area (Å²) in [7, 11) is -0.515. The van der Waals surface area contributed by atoms with Crippen molar-refractivity contribution in [2.24, 2.45) is 0 Å². The Kier molecular flexibility index (Phi) is 4.16. The molecule has 1 aliphatic heterocycles. The van der Waals surface area contributed by atoms with Crippen LogP contribution in [-0.4, -0.2) is 18.3 Å². The van der Waals surface area contributed by atoms with E-state index in [9.17, 15) is 0 Å². The molecule has 5 heteroatoms. The first-order chi connectivity index (χ1) is 16.8. The maximum absolute atomic E-state index is 6.52. The lowest BCUT2D eigenvalue weighted by Crippen LogP contribution is -2.41. The lowest BCUT2D eigenvalue weighted by Gasteiger charge is -2.32. The number of para-hydroxylation sites is 3. The second kappa shape index (κ2) is 7.00. The Hall–Kier alpha value is -3.54. The van der Waals surface area contributed by atoms with Gasteiger partial charge in [0.15, 0.2) is 0 Å². The van der Waals surface area contributed by atoms with Crippen LogP contribution in [0.3, 0.4) is 0 Å². The molecule has 0 N–H and O–H groups in total. The molecule has 4 aromatic carbocycles. The van der Waals surface area contributed by atoms with E-state index in [4.69, 9.17) is 18.1 Å². The van der Waals surface area contributed by atoms with E-state index >= 15 is 0 Å². The van der Waals surface area contributed by atoms with Gasteiger partial charge in [-0.05, 0) is 56.9 Å². The zero-order valence-electron chi connectivity index (χ0n) is 20.2. The summed E-state index contributed by atoms with van der Waals surface area (Å²) in [4.78, 5) is 0. The highest BCUT2D eigenvalue weighted by Gasteiger charge is 2.52. The van der Waals surface area contributed by atoms with Gasteiger partial charge >= 0.3 is 7.12 Å². The first-order valence-electron chi connectivity index (χ1n) is 12.0. The second-order valence-electron chi connectivity index (χ2n) is 10.4. The molecule has 0 aliphatic carbocycles. The van der Waals surface area contributed by atoms with Crippen LogP contribution >= 0.6 is 0 Å². The van der Waals surface area contributed by atoms with Crippen molar-refractivity contribution < 1.29 is 18.1 Å². The van der Waals surface area contributed by atoms with Gasteiger partial charge in [0, 0.05) is 27.1 Å². The number of hydrogen-bond donors (Lipinski definition) is 0. The van der Waals surface area contributed by atoms with Crippen LogP contribution in [0, 0.1) is 0 Å². The summed E-state index contributed by atoms with van der Waals surface area (Å²) in [6, 6.07) is 26.9. The molecule has 2 aromatic heterocycles. The topological polar surface area (TPSA) is 44.7 Å². The molecule has 1 saturated heterocycles. The van der Waals surface area contributed by atoms with E-state index in [1.54, 1.807) is 0 Å². The fraction of sp³-hybridized carbons (Fsp3) is 0.200. The molecule has 1 aliphatic rings. The maximum atomic E-state index is 6.52. The molecule has 6 aromatic rings. The second-order valence-corrected chi connectivity index (χ2v) is 10.4. The van der Waals surface area contributed by atoms with Crippen molar-refractivity contribution in [3.05, 3.63) is 78.9 Å². The van der Waals surface area contributed by atoms with Crippen molar-refractivity contribution in [2.75, 3.05) is 0 Å². The fourth-order valence-electron chi connectivity index (χ4n) is 5.17. The predicted octanol–water partition coefficient (Wildman–Crippen LogP) is 7.45. The van der Waals surface area contributed by atoms with Gasteiger partial charge in [0.1, 0.15) is 22.3 Å². The van der Waals surface area contributed by atoms with Gasteiger partial charge in [-0.2, -0.15) is 0 Å². The lowest BCUT2D eigenvalue weighted by molar-refractivity contribution is 0.00578. The minimum Gasteiger partial charge on any atom is -0.456 e. The number of rotatable bonds is 2. The van der Waals surface area contributed by atoms with E-state index in [1.807, 2.05) is 36.4 Å². The molecule has 0 atom stereocenters. The standard InChI is InChI=1S/C30H25BO4/c1-29(2)30(3,4)35-31(34-29)23-16-18(17-26-27(23)22-11-6-8-15-25(22)32-26)19-12-9-13-21-20-10-5-7-14-24(20)33-28(19)21/h5-17H,1-4H3. The van der Waals surface area contributed by atoms with Gasteiger partial charge in [0.05, 0.1) is 11.2 Å². The molecule has 35 heavy (non-hydrogen) atoms. The molecule has 7 rings (SSSR count). The highest BCUT2D eigenvalue weighted by molar-refractivity contribution is 6.66. The van der Waals surface area contributed by atoms with Crippen molar-refractivity contribution in [1.29, 1.82) is 0 Å². The summed E-state index contributed by atoms with van der Waals surface area (Å²) < 4.78 is 25.7. The summed E-state index contributed by atoms with van der Waals surface area (Å²) in [5, 5.41) is 4.29. The van der Waals surface area contributed by atoms with Crippen LogP contribution in [0.5, 0.6) is 0 Å². The van der Waals surface area contributed by atoms with Gasteiger partial charge in [-0.15, -0.1) is 0 Å². The van der Waals surface area contributed by atoms with Gasteiger partial charge in [-0.3, -0.25) is 0 Å². The molecule has 172 valence electrons. The molecule has 3 heterocycles. The third kappa shape index (κ3) is 2.95. The summed E-state index contributed by atoms with van der Waals surface area (Å²) in [5.41, 5.74) is 5.49. The normalized spacial score (nSPS) is 17.3. The molecule has 0 unspecified atom stereocenters. The smallest absolute Gasteiger partial charge is 0.456 e. The Bertz CT molecular complexity index is 1760. The lowest BCUT2D eigenvalue weighted by atomic mass is 9.75. The monoisotopic (exact) mass is 460 g/mol. The van der Waals surface area contributed by atoms with Crippen molar-refractivity contribution in [1.82, 2.24) is 0 Å². The molecular formula is C30H25BO4. The molecule has 0 spiro atoms. The fourth-order valence-corrected chi connectivity index (χ4v) is 5.17. The summed E-state index contributed by atoms with van der Waals surface area (Å²) in [6.07, 6.45) is 0. The molecule has 0 radical (unpaired) electrons. The van der Waals surface area contributed by atoms with E-state index in [0.29, 0.717) is 0 Å². The van der Waals surface area contributed by atoms with Crippen LogP contribution in [-0.2, 0) is 9.31 Å². The van der Waals surface area contributed by atoms with Crippen molar-refractivity contribution in [2.45, 2.75) is 38.9 Å². The number of fused-ring (bicyclic) bond motifs is 6. The number of hydrogen-bond acceptors (Lipinski definition) is 4. The van der Waals surface area contributed by atoms with E-state index < -0.39 is 18.3 Å². The Morgan fingerprint density at radius 2 is 1.23 bits per heavy atom. The van der Waals surface area contributed by atoms with Gasteiger partial charge in [-0.1, -0.05) is 60.7 Å².